The summed E-state index contributed by atoms with van der Waals surface area (Å²) in [5.41, 5.74) is 8.91. The maximum absolute atomic E-state index is 5.58. The van der Waals surface area contributed by atoms with Crippen molar-refractivity contribution in [3.05, 3.63) is 29.5 Å². The van der Waals surface area contributed by atoms with Gasteiger partial charge in [-0.3, -0.25) is 0 Å². The van der Waals surface area contributed by atoms with Crippen molar-refractivity contribution < 1.29 is 4.52 Å². The molecule has 3 nitrogen and oxygen atoms in total. The van der Waals surface area contributed by atoms with Crippen LogP contribution >= 0.6 is 0 Å². The van der Waals surface area contributed by atoms with Crippen molar-refractivity contribution in [3.8, 4) is 0 Å². The molecule has 1 saturated carbocycles. The number of benzene rings is 1. The molecule has 2 N–H and O–H groups in total. The largest absolute Gasteiger partial charge is 0.356 e. The number of hydrogen-bond donors (Lipinski definition) is 1. The highest BCUT2D eigenvalue weighted by Gasteiger charge is 2.25. The SMILES string of the molecule is NCCc1ccc2onc(C3CCC3)c2c1. The molecule has 0 spiro atoms. The highest BCUT2D eigenvalue weighted by molar-refractivity contribution is 5.80. The lowest BCUT2D eigenvalue weighted by atomic mass is 9.82. The Morgan fingerprint density at radius 2 is 2.25 bits per heavy atom. The molecule has 2 aromatic rings. The van der Waals surface area contributed by atoms with E-state index in [1.807, 2.05) is 6.07 Å². The number of rotatable bonds is 3. The molecule has 0 aliphatic heterocycles. The number of nitrogens with two attached hydrogens (primary N) is 1. The lowest BCUT2D eigenvalue weighted by Gasteiger charge is -2.22. The Morgan fingerprint density at radius 3 is 2.94 bits per heavy atom. The van der Waals surface area contributed by atoms with Gasteiger partial charge in [-0.2, -0.15) is 0 Å². The van der Waals surface area contributed by atoms with Crippen LogP contribution in [0.1, 0.15) is 36.4 Å². The molecule has 1 aromatic carbocycles. The lowest BCUT2D eigenvalue weighted by molar-refractivity contribution is 0.375. The van der Waals surface area contributed by atoms with Gasteiger partial charge >= 0.3 is 0 Å². The van der Waals surface area contributed by atoms with Gasteiger partial charge in [-0.15, -0.1) is 0 Å². The van der Waals surface area contributed by atoms with Crippen molar-refractivity contribution in [1.82, 2.24) is 5.16 Å². The van der Waals surface area contributed by atoms with Crippen LogP contribution in [-0.4, -0.2) is 11.7 Å². The number of nitrogens with zero attached hydrogens (tertiary/aromatic N) is 1. The van der Waals surface area contributed by atoms with Crippen LogP contribution in [0.25, 0.3) is 11.0 Å². The molecular formula is C13H16N2O. The van der Waals surface area contributed by atoms with Crippen molar-refractivity contribution in [2.75, 3.05) is 6.54 Å². The summed E-state index contributed by atoms with van der Waals surface area (Å²) >= 11 is 0. The summed E-state index contributed by atoms with van der Waals surface area (Å²) in [5, 5.41) is 5.40. The first-order chi connectivity index (χ1) is 7.88. The minimum Gasteiger partial charge on any atom is -0.356 e. The van der Waals surface area contributed by atoms with E-state index in [2.05, 4.69) is 17.3 Å². The van der Waals surface area contributed by atoms with E-state index in [1.54, 1.807) is 0 Å². The van der Waals surface area contributed by atoms with Gasteiger partial charge in [-0.1, -0.05) is 17.6 Å². The first-order valence-corrected chi connectivity index (χ1v) is 5.97. The van der Waals surface area contributed by atoms with Crippen LogP contribution in [0.4, 0.5) is 0 Å². The van der Waals surface area contributed by atoms with E-state index in [-0.39, 0.29) is 0 Å². The predicted molar refractivity (Wildman–Crippen MR) is 63.4 cm³/mol. The zero-order valence-corrected chi connectivity index (χ0v) is 9.28. The topological polar surface area (TPSA) is 52.0 Å². The number of fused-ring (bicyclic) bond motifs is 1. The first-order valence-electron chi connectivity index (χ1n) is 5.97. The fourth-order valence-corrected chi connectivity index (χ4v) is 2.30. The average Bonchev–Trinajstić information content (AvgIpc) is 2.60. The average molecular weight is 216 g/mol. The Balaban J connectivity index is 2.04. The molecule has 0 atom stereocenters. The van der Waals surface area contributed by atoms with Gasteiger partial charge in [0.15, 0.2) is 5.58 Å². The van der Waals surface area contributed by atoms with Crippen LogP contribution in [0.5, 0.6) is 0 Å². The zero-order chi connectivity index (χ0) is 11.0. The molecule has 0 bridgehead atoms. The van der Waals surface area contributed by atoms with Crippen LogP contribution in [-0.2, 0) is 6.42 Å². The van der Waals surface area contributed by atoms with E-state index in [0.29, 0.717) is 12.5 Å². The molecular weight excluding hydrogens is 200 g/mol. The lowest BCUT2D eigenvalue weighted by Crippen LogP contribution is -2.09. The minimum atomic E-state index is 0.620. The fraction of sp³-hybridized carbons (Fsp3) is 0.462. The summed E-state index contributed by atoms with van der Waals surface area (Å²) in [7, 11) is 0. The Bertz CT molecular complexity index is 500. The van der Waals surface area contributed by atoms with Crippen LogP contribution in [0.2, 0.25) is 0 Å². The third-order valence-corrected chi connectivity index (χ3v) is 3.49. The second-order valence-corrected chi connectivity index (χ2v) is 4.56. The quantitative estimate of drug-likeness (QED) is 0.858. The molecule has 1 heterocycles. The first kappa shape index (κ1) is 9.85. The highest BCUT2D eigenvalue weighted by Crippen LogP contribution is 2.39. The second-order valence-electron chi connectivity index (χ2n) is 4.56. The molecule has 84 valence electrons. The van der Waals surface area contributed by atoms with E-state index in [9.17, 15) is 0 Å². The molecule has 0 saturated heterocycles. The van der Waals surface area contributed by atoms with Crippen molar-refractivity contribution >= 4 is 11.0 Å². The Hall–Kier alpha value is -1.35. The second kappa shape index (κ2) is 3.91. The molecule has 3 heteroatoms. The molecule has 0 amide bonds. The molecule has 0 unspecified atom stereocenters. The molecule has 16 heavy (non-hydrogen) atoms. The molecule has 1 aliphatic carbocycles. The minimum absolute atomic E-state index is 0.620. The molecule has 1 aliphatic rings. The van der Waals surface area contributed by atoms with E-state index in [0.717, 1.165) is 17.7 Å². The number of hydrogen-bond acceptors (Lipinski definition) is 3. The zero-order valence-electron chi connectivity index (χ0n) is 9.28. The van der Waals surface area contributed by atoms with Gasteiger partial charge in [0, 0.05) is 11.3 Å². The third-order valence-electron chi connectivity index (χ3n) is 3.49. The van der Waals surface area contributed by atoms with E-state index >= 15 is 0 Å². The normalized spacial score (nSPS) is 16.6. The van der Waals surface area contributed by atoms with Crippen molar-refractivity contribution in [3.63, 3.8) is 0 Å². The van der Waals surface area contributed by atoms with Crippen molar-refractivity contribution in [1.29, 1.82) is 0 Å². The van der Waals surface area contributed by atoms with Gasteiger partial charge in [0.1, 0.15) is 0 Å². The van der Waals surface area contributed by atoms with Crippen LogP contribution in [0, 0.1) is 0 Å². The third kappa shape index (κ3) is 1.52. The highest BCUT2D eigenvalue weighted by atomic mass is 16.5. The molecule has 0 radical (unpaired) electrons. The summed E-state index contributed by atoms with van der Waals surface area (Å²) in [6.07, 6.45) is 4.75. The van der Waals surface area contributed by atoms with Gasteiger partial charge in [-0.05, 0) is 43.5 Å². The fourth-order valence-electron chi connectivity index (χ4n) is 2.30. The van der Waals surface area contributed by atoms with E-state index in [1.165, 1.54) is 30.2 Å². The van der Waals surface area contributed by atoms with E-state index in [4.69, 9.17) is 10.3 Å². The van der Waals surface area contributed by atoms with Crippen molar-refractivity contribution in [2.45, 2.75) is 31.6 Å². The Morgan fingerprint density at radius 1 is 1.38 bits per heavy atom. The van der Waals surface area contributed by atoms with Crippen LogP contribution in [0.15, 0.2) is 22.7 Å². The standard InChI is InChI=1S/C13H16N2O/c14-7-6-9-4-5-12-11(8-9)13(15-16-12)10-2-1-3-10/h4-5,8,10H,1-3,6-7,14H2. The van der Waals surface area contributed by atoms with Crippen molar-refractivity contribution in [2.24, 2.45) is 5.73 Å². The van der Waals surface area contributed by atoms with Gasteiger partial charge in [0.25, 0.3) is 0 Å². The monoisotopic (exact) mass is 216 g/mol. The maximum Gasteiger partial charge on any atom is 0.167 e. The van der Waals surface area contributed by atoms with Gasteiger partial charge in [-0.25, -0.2) is 0 Å². The summed E-state index contributed by atoms with van der Waals surface area (Å²) in [5.74, 6) is 0.620. The summed E-state index contributed by atoms with van der Waals surface area (Å²) in [4.78, 5) is 0. The van der Waals surface area contributed by atoms with Gasteiger partial charge < -0.3 is 10.3 Å². The van der Waals surface area contributed by atoms with Gasteiger partial charge in [0.05, 0.1) is 5.69 Å². The van der Waals surface area contributed by atoms with Gasteiger partial charge in [0.2, 0.25) is 0 Å². The number of aromatic nitrogens is 1. The Labute approximate surface area is 94.6 Å². The van der Waals surface area contributed by atoms with E-state index < -0.39 is 0 Å². The maximum atomic E-state index is 5.58. The van der Waals surface area contributed by atoms with Crippen LogP contribution < -0.4 is 5.73 Å². The van der Waals surface area contributed by atoms with Crippen LogP contribution in [0.3, 0.4) is 0 Å². The predicted octanol–water partition coefficient (Wildman–Crippen LogP) is 2.60. The molecule has 3 rings (SSSR count). The smallest absolute Gasteiger partial charge is 0.167 e. The summed E-state index contributed by atoms with van der Waals surface area (Å²) in [6.45, 7) is 0.690. The Kier molecular flexibility index (Phi) is 2.40. The summed E-state index contributed by atoms with van der Waals surface area (Å²) in [6, 6.07) is 6.27. The molecule has 1 fully saturated rings. The summed E-state index contributed by atoms with van der Waals surface area (Å²) < 4.78 is 5.36. The molecule has 1 aromatic heterocycles.